The minimum absolute atomic E-state index is 0.363. The predicted octanol–water partition coefficient (Wildman–Crippen LogP) is 5.48. The van der Waals surface area contributed by atoms with Gasteiger partial charge in [0.2, 0.25) is 0 Å². The molecule has 0 aromatic heterocycles. The number of rotatable bonds is 8. The maximum atomic E-state index is 3.91. The lowest BCUT2D eigenvalue weighted by Crippen LogP contribution is -1.89. The largest absolute Gasteiger partial charge is 0.102 e. The van der Waals surface area contributed by atoms with Gasteiger partial charge in [0.25, 0.3) is 0 Å². The third kappa shape index (κ3) is 5.53. The molecule has 1 rings (SSSR count). The van der Waals surface area contributed by atoms with Crippen LogP contribution in [0, 0.1) is 0 Å². The lowest BCUT2D eigenvalue weighted by atomic mass is 9.98. The Bertz CT molecular complexity index is 321. The molecule has 0 aliphatic rings. The molecule has 0 saturated heterocycles. The molecule has 0 spiro atoms. The standard InChI is InChI=1S/C17H24/c1-3-5-6-7-8-10-13-16(4-2)17-14-11-9-12-15-17/h4,9-16H,2-3,5-8H2,1H3/b13-10+. The van der Waals surface area contributed by atoms with Crippen molar-refractivity contribution in [1.29, 1.82) is 0 Å². The summed E-state index contributed by atoms with van der Waals surface area (Å²) in [4.78, 5) is 0. The van der Waals surface area contributed by atoms with Crippen molar-refractivity contribution in [2.24, 2.45) is 0 Å². The van der Waals surface area contributed by atoms with Gasteiger partial charge in [-0.3, -0.25) is 0 Å². The van der Waals surface area contributed by atoms with Gasteiger partial charge in [-0.1, -0.05) is 74.7 Å². The Balaban J connectivity index is 2.37. The van der Waals surface area contributed by atoms with Crippen molar-refractivity contribution >= 4 is 0 Å². The van der Waals surface area contributed by atoms with E-state index >= 15 is 0 Å². The van der Waals surface area contributed by atoms with E-state index in [1.165, 1.54) is 37.7 Å². The highest BCUT2D eigenvalue weighted by Crippen LogP contribution is 2.18. The van der Waals surface area contributed by atoms with Crippen LogP contribution in [-0.2, 0) is 0 Å². The number of hydrogen-bond acceptors (Lipinski definition) is 0. The van der Waals surface area contributed by atoms with E-state index in [0.29, 0.717) is 5.92 Å². The van der Waals surface area contributed by atoms with Gasteiger partial charge >= 0.3 is 0 Å². The maximum absolute atomic E-state index is 3.91. The third-order valence-electron chi connectivity index (χ3n) is 3.01. The van der Waals surface area contributed by atoms with Gasteiger partial charge in [0, 0.05) is 5.92 Å². The number of unbranched alkanes of at least 4 members (excludes halogenated alkanes) is 4. The van der Waals surface area contributed by atoms with E-state index in [4.69, 9.17) is 0 Å². The predicted molar refractivity (Wildman–Crippen MR) is 77.3 cm³/mol. The normalized spacial score (nSPS) is 12.8. The molecule has 92 valence electrons. The summed E-state index contributed by atoms with van der Waals surface area (Å²) in [6, 6.07) is 10.5. The molecule has 1 aromatic carbocycles. The van der Waals surface area contributed by atoms with Crippen molar-refractivity contribution in [1.82, 2.24) is 0 Å². The fourth-order valence-electron chi connectivity index (χ4n) is 1.93. The van der Waals surface area contributed by atoms with E-state index in [0.717, 1.165) is 0 Å². The van der Waals surface area contributed by atoms with Crippen LogP contribution in [0.5, 0.6) is 0 Å². The molecule has 17 heavy (non-hydrogen) atoms. The summed E-state index contributed by atoms with van der Waals surface area (Å²) < 4.78 is 0. The molecule has 0 aliphatic carbocycles. The van der Waals surface area contributed by atoms with Crippen LogP contribution in [-0.4, -0.2) is 0 Å². The number of allylic oxidation sites excluding steroid dienone is 3. The average Bonchev–Trinajstić information content (AvgIpc) is 2.39. The summed E-state index contributed by atoms with van der Waals surface area (Å²) in [6.45, 7) is 6.16. The smallest absolute Gasteiger partial charge is 0.0196 e. The van der Waals surface area contributed by atoms with E-state index in [-0.39, 0.29) is 0 Å². The molecule has 0 heteroatoms. The molecule has 0 saturated carbocycles. The molecule has 0 nitrogen and oxygen atoms in total. The van der Waals surface area contributed by atoms with E-state index in [9.17, 15) is 0 Å². The summed E-state index contributed by atoms with van der Waals surface area (Å²) in [6.07, 6.45) is 13.1. The Morgan fingerprint density at radius 1 is 1.12 bits per heavy atom. The van der Waals surface area contributed by atoms with Gasteiger partial charge in [-0.2, -0.15) is 0 Å². The summed E-state index contributed by atoms with van der Waals surface area (Å²) in [5.41, 5.74) is 1.33. The summed E-state index contributed by atoms with van der Waals surface area (Å²) in [5, 5.41) is 0. The molecular weight excluding hydrogens is 204 g/mol. The third-order valence-corrected chi connectivity index (χ3v) is 3.01. The molecule has 0 N–H and O–H groups in total. The first kappa shape index (κ1) is 13.8. The van der Waals surface area contributed by atoms with Gasteiger partial charge in [0.1, 0.15) is 0 Å². The summed E-state index contributed by atoms with van der Waals surface area (Å²) in [7, 11) is 0. The van der Waals surface area contributed by atoms with Gasteiger partial charge in [-0.15, -0.1) is 6.58 Å². The Morgan fingerprint density at radius 3 is 2.53 bits per heavy atom. The topological polar surface area (TPSA) is 0 Å². The Morgan fingerprint density at radius 2 is 1.88 bits per heavy atom. The zero-order chi connectivity index (χ0) is 12.3. The van der Waals surface area contributed by atoms with E-state index in [1.54, 1.807) is 0 Å². The van der Waals surface area contributed by atoms with Crippen LogP contribution in [0.25, 0.3) is 0 Å². The maximum Gasteiger partial charge on any atom is 0.0196 e. The second-order valence-corrected chi connectivity index (χ2v) is 4.45. The van der Waals surface area contributed by atoms with Crippen LogP contribution >= 0.6 is 0 Å². The van der Waals surface area contributed by atoms with Crippen molar-refractivity contribution in [2.45, 2.75) is 44.9 Å². The minimum atomic E-state index is 0.363. The van der Waals surface area contributed by atoms with Crippen molar-refractivity contribution in [3.8, 4) is 0 Å². The first-order valence-corrected chi connectivity index (χ1v) is 6.72. The Kier molecular flexibility index (Phi) is 7.13. The second-order valence-electron chi connectivity index (χ2n) is 4.45. The fourth-order valence-corrected chi connectivity index (χ4v) is 1.93. The van der Waals surface area contributed by atoms with Crippen LogP contribution < -0.4 is 0 Å². The van der Waals surface area contributed by atoms with Gasteiger partial charge in [0.15, 0.2) is 0 Å². The highest BCUT2D eigenvalue weighted by molar-refractivity contribution is 5.27. The van der Waals surface area contributed by atoms with E-state index < -0.39 is 0 Å². The quantitative estimate of drug-likeness (QED) is 0.408. The van der Waals surface area contributed by atoms with Crippen molar-refractivity contribution in [3.63, 3.8) is 0 Å². The molecular formula is C17H24. The number of hydrogen-bond donors (Lipinski definition) is 0. The van der Waals surface area contributed by atoms with Crippen molar-refractivity contribution in [2.75, 3.05) is 0 Å². The molecule has 0 heterocycles. The Hall–Kier alpha value is -1.30. The molecule has 0 radical (unpaired) electrons. The first-order chi connectivity index (χ1) is 8.38. The van der Waals surface area contributed by atoms with Crippen molar-refractivity contribution in [3.05, 3.63) is 60.7 Å². The van der Waals surface area contributed by atoms with Crippen LogP contribution in [0.1, 0.15) is 50.5 Å². The van der Waals surface area contributed by atoms with Crippen LogP contribution in [0.3, 0.4) is 0 Å². The van der Waals surface area contributed by atoms with Gasteiger partial charge < -0.3 is 0 Å². The lowest BCUT2D eigenvalue weighted by Gasteiger charge is -2.07. The molecule has 0 amide bonds. The highest BCUT2D eigenvalue weighted by atomic mass is 14.1. The SMILES string of the molecule is C=CC(/C=C/CCCCCC)c1ccccc1. The van der Waals surface area contributed by atoms with Gasteiger partial charge in [-0.05, 0) is 18.4 Å². The second kappa shape index (κ2) is 8.81. The molecule has 1 aromatic rings. The summed E-state index contributed by atoms with van der Waals surface area (Å²) in [5.74, 6) is 0.363. The average molecular weight is 228 g/mol. The van der Waals surface area contributed by atoms with Gasteiger partial charge in [-0.25, -0.2) is 0 Å². The number of benzene rings is 1. The fraction of sp³-hybridized carbons (Fsp3) is 0.412. The molecule has 0 fully saturated rings. The molecule has 0 bridgehead atoms. The van der Waals surface area contributed by atoms with Gasteiger partial charge in [0.05, 0.1) is 0 Å². The van der Waals surface area contributed by atoms with E-state index in [2.05, 4.69) is 56.0 Å². The van der Waals surface area contributed by atoms with Crippen molar-refractivity contribution < 1.29 is 0 Å². The monoisotopic (exact) mass is 228 g/mol. The van der Waals surface area contributed by atoms with E-state index in [1.807, 2.05) is 6.08 Å². The summed E-state index contributed by atoms with van der Waals surface area (Å²) >= 11 is 0. The molecule has 1 unspecified atom stereocenters. The Labute approximate surface area is 106 Å². The van der Waals surface area contributed by atoms with Crippen LogP contribution in [0.4, 0.5) is 0 Å². The molecule has 1 atom stereocenters. The zero-order valence-corrected chi connectivity index (χ0v) is 10.9. The van der Waals surface area contributed by atoms with Crippen LogP contribution in [0.2, 0.25) is 0 Å². The van der Waals surface area contributed by atoms with Crippen LogP contribution in [0.15, 0.2) is 55.1 Å². The minimum Gasteiger partial charge on any atom is -0.102 e. The zero-order valence-electron chi connectivity index (χ0n) is 10.9. The molecule has 0 aliphatic heterocycles. The lowest BCUT2D eigenvalue weighted by molar-refractivity contribution is 0.674. The highest BCUT2D eigenvalue weighted by Gasteiger charge is 2.00. The first-order valence-electron chi connectivity index (χ1n) is 6.72.